The zero-order valence-corrected chi connectivity index (χ0v) is 15.6. The summed E-state index contributed by atoms with van der Waals surface area (Å²) >= 11 is 5.92. The van der Waals surface area contributed by atoms with Crippen molar-refractivity contribution in [2.45, 2.75) is 18.9 Å². The molecule has 1 saturated heterocycles. The van der Waals surface area contributed by atoms with Gasteiger partial charge in [0.15, 0.2) is 0 Å². The second kappa shape index (κ2) is 9.39. The number of carbonyl (C=O) groups excluding carboxylic acids is 2. The minimum absolute atomic E-state index is 0.0920. The highest BCUT2D eigenvalue weighted by Gasteiger charge is 2.16. The van der Waals surface area contributed by atoms with E-state index in [2.05, 4.69) is 16.0 Å². The van der Waals surface area contributed by atoms with Crippen LogP contribution in [0.25, 0.3) is 0 Å². The van der Waals surface area contributed by atoms with Crippen molar-refractivity contribution in [3.05, 3.63) is 59.1 Å². The molecular formula is C20H22ClN3O3. The maximum absolute atomic E-state index is 12.3. The number of ether oxygens (including phenoxy) is 1. The quantitative estimate of drug-likeness (QED) is 0.681. The van der Waals surface area contributed by atoms with Crippen LogP contribution in [0, 0.1) is 0 Å². The van der Waals surface area contributed by atoms with E-state index in [-0.39, 0.29) is 24.5 Å². The molecule has 1 aliphatic rings. The van der Waals surface area contributed by atoms with E-state index in [1.165, 1.54) is 0 Å². The monoisotopic (exact) mass is 387 g/mol. The van der Waals surface area contributed by atoms with Gasteiger partial charge in [0.05, 0.1) is 12.6 Å². The minimum Gasteiger partial charge on any atom is -0.376 e. The molecule has 0 spiro atoms. The Bertz CT molecular complexity index is 807. The van der Waals surface area contributed by atoms with Gasteiger partial charge in [-0.1, -0.05) is 23.7 Å². The Labute approximate surface area is 163 Å². The molecule has 2 amide bonds. The van der Waals surface area contributed by atoms with Crippen LogP contribution in [-0.2, 0) is 9.53 Å². The van der Waals surface area contributed by atoms with E-state index in [1.807, 2.05) is 6.07 Å². The van der Waals surface area contributed by atoms with Crippen molar-refractivity contribution in [2.75, 3.05) is 30.3 Å². The summed E-state index contributed by atoms with van der Waals surface area (Å²) in [4.78, 5) is 24.4. The lowest BCUT2D eigenvalue weighted by atomic mass is 10.1. The lowest BCUT2D eigenvalue weighted by molar-refractivity contribution is -0.114. The van der Waals surface area contributed by atoms with E-state index in [0.717, 1.165) is 25.1 Å². The van der Waals surface area contributed by atoms with Gasteiger partial charge in [-0.05, 0) is 49.2 Å². The highest BCUT2D eigenvalue weighted by Crippen LogP contribution is 2.15. The number of halogens is 1. The van der Waals surface area contributed by atoms with Gasteiger partial charge in [-0.25, -0.2) is 0 Å². The zero-order valence-electron chi connectivity index (χ0n) is 14.8. The van der Waals surface area contributed by atoms with Crippen LogP contribution in [0.2, 0.25) is 5.02 Å². The molecule has 142 valence electrons. The topological polar surface area (TPSA) is 79.5 Å². The molecule has 1 atom stereocenters. The summed E-state index contributed by atoms with van der Waals surface area (Å²) in [6, 6.07) is 14.0. The number of benzene rings is 2. The van der Waals surface area contributed by atoms with Crippen LogP contribution in [0.3, 0.4) is 0 Å². The van der Waals surface area contributed by atoms with Crippen LogP contribution in [0.4, 0.5) is 11.4 Å². The summed E-state index contributed by atoms with van der Waals surface area (Å²) in [6.07, 6.45) is 2.09. The van der Waals surface area contributed by atoms with Gasteiger partial charge < -0.3 is 20.7 Å². The van der Waals surface area contributed by atoms with Gasteiger partial charge in [-0.2, -0.15) is 0 Å². The molecule has 0 bridgehead atoms. The van der Waals surface area contributed by atoms with Gasteiger partial charge >= 0.3 is 0 Å². The van der Waals surface area contributed by atoms with Crippen molar-refractivity contribution in [3.63, 3.8) is 0 Å². The van der Waals surface area contributed by atoms with E-state index in [0.29, 0.717) is 22.8 Å². The molecule has 2 aromatic rings. The maximum Gasteiger partial charge on any atom is 0.251 e. The first-order valence-corrected chi connectivity index (χ1v) is 9.27. The van der Waals surface area contributed by atoms with Crippen LogP contribution in [0.5, 0.6) is 0 Å². The molecule has 27 heavy (non-hydrogen) atoms. The number of nitrogens with one attached hydrogen (secondary N) is 3. The number of carbonyl (C=O) groups is 2. The third-order valence-electron chi connectivity index (χ3n) is 4.20. The summed E-state index contributed by atoms with van der Waals surface area (Å²) in [5.74, 6) is -0.398. The van der Waals surface area contributed by atoms with Crippen LogP contribution in [-0.4, -0.2) is 37.6 Å². The Hall–Kier alpha value is -2.57. The number of anilines is 2. The SMILES string of the molecule is O=C(CNc1cccc(Cl)c1)Nc1cccc(C(=O)NCC2CCCO2)c1. The van der Waals surface area contributed by atoms with E-state index >= 15 is 0 Å². The lowest BCUT2D eigenvalue weighted by Crippen LogP contribution is -2.31. The number of amides is 2. The average Bonchev–Trinajstić information content (AvgIpc) is 3.18. The van der Waals surface area contributed by atoms with Gasteiger partial charge in [0.1, 0.15) is 0 Å². The van der Waals surface area contributed by atoms with Gasteiger partial charge in [-0.15, -0.1) is 0 Å². The fraction of sp³-hybridized carbons (Fsp3) is 0.300. The zero-order chi connectivity index (χ0) is 19.1. The molecular weight excluding hydrogens is 366 g/mol. The van der Waals surface area contributed by atoms with Crippen molar-refractivity contribution in [1.29, 1.82) is 0 Å². The highest BCUT2D eigenvalue weighted by molar-refractivity contribution is 6.30. The van der Waals surface area contributed by atoms with Crippen molar-refractivity contribution in [1.82, 2.24) is 5.32 Å². The summed E-state index contributed by atoms with van der Waals surface area (Å²) < 4.78 is 5.50. The molecule has 0 aliphatic carbocycles. The molecule has 1 heterocycles. The Morgan fingerprint density at radius 1 is 1.11 bits per heavy atom. The summed E-state index contributed by atoms with van der Waals surface area (Å²) in [5.41, 5.74) is 1.83. The fourth-order valence-corrected chi connectivity index (χ4v) is 3.03. The Morgan fingerprint density at radius 2 is 1.93 bits per heavy atom. The van der Waals surface area contributed by atoms with Crippen molar-refractivity contribution in [2.24, 2.45) is 0 Å². The summed E-state index contributed by atoms with van der Waals surface area (Å²) in [6.45, 7) is 1.35. The van der Waals surface area contributed by atoms with E-state index < -0.39 is 0 Å². The predicted octanol–water partition coefficient (Wildman–Crippen LogP) is 3.30. The molecule has 0 saturated carbocycles. The molecule has 0 aromatic heterocycles. The van der Waals surface area contributed by atoms with Gasteiger partial charge in [0.2, 0.25) is 5.91 Å². The second-order valence-corrected chi connectivity index (χ2v) is 6.77. The first kappa shape index (κ1) is 19.2. The van der Waals surface area contributed by atoms with Crippen LogP contribution in [0.15, 0.2) is 48.5 Å². The molecule has 2 aromatic carbocycles. The van der Waals surface area contributed by atoms with Crippen molar-refractivity contribution in [3.8, 4) is 0 Å². The van der Waals surface area contributed by atoms with E-state index in [1.54, 1.807) is 42.5 Å². The molecule has 0 radical (unpaired) electrons. The minimum atomic E-state index is -0.216. The van der Waals surface area contributed by atoms with Crippen LogP contribution in [0.1, 0.15) is 23.2 Å². The molecule has 1 fully saturated rings. The smallest absolute Gasteiger partial charge is 0.251 e. The average molecular weight is 388 g/mol. The van der Waals surface area contributed by atoms with Gasteiger partial charge in [0, 0.05) is 35.1 Å². The Morgan fingerprint density at radius 3 is 2.70 bits per heavy atom. The molecule has 3 N–H and O–H groups in total. The van der Waals surface area contributed by atoms with Crippen LogP contribution < -0.4 is 16.0 Å². The maximum atomic E-state index is 12.3. The highest BCUT2D eigenvalue weighted by atomic mass is 35.5. The molecule has 1 unspecified atom stereocenters. The normalized spacial score (nSPS) is 16.0. The Balaban J connectivity index is 1.50. The number of rotatable bonds is 7. The largest absolute Gasteiger partial charge is 0.376 e. The molecule has 1 aliphatic heterocycles. The lowest BCUT2D eigenvalue weighted by Gasteiger charge is -2.12. The third-order valence-corrected chi connectivity index (χ3v) is 4.44. The number of hydrogen-bond donors (Lipinski definition) is 3. The number of hydrogen-bond acceptors (Lipinski definition) is 4. The predicted molar refractivity (Wildman–Crippen MR) is 106 cm³/mol. The van der Waals surface area contributed by atoms with Crippen LogP contribution >= 0.6 is 11.6 Å². The summed E-state index contributed by atoms with van der Waals surface area (Å²) in [5, 5.41) is 9.26. The summed E-state index contributed by atoms with van der Waals surface area (Å²) in [7, 11) is 0. The second-order valence-electron chi connectivity index (χ2n) is 6.34. The van der Waals surface area contributed by atoms with Crippen molar-refractivity contribution < 1.29 is 14.3 Å². The standard InChI is InChI=1S/C20H22ClN3O3/c21-15-5-2-6-16(11-15)22-13-19(25)24-17-7-1-4-14(10-17)20(26)23-12-18-8-3-9-27-18/h1-2,4-7,10-11,18,22H,3,8-9,12-13H2,(H,23,26)(H,24,25). The van der Waals surface area contributed by atoms with E-state index in [9.17, 15) is 9.59 Å². The van der Waals surface area contributed by atoms with Gasteiger partial charge in [0.25, 0.3) is 5.91 Å². The van der Waals surface area contributed by atoms with Crippen molar-refractivity contribution >= 4 is 34.8 Å². The molecule has 6 nitrogen and oxygen atoms in total. The Kier molecular flexibility index (Phi) is 6.68. The molecule has 7 heteroatoms. The van der Waals surface area contributed by atoms with E-state index in [4.69, 9.17) is 16.3 Å². The first-order valence-electron chi connectivity index (χ1n) is 8.89. The fourth-order valence-electron chi connectivity index (χ4n) is 2.84. The van der Waals surface area contributed by atoms with Gasteiger partial charge in [-0.3, -0.25) is 9.59 Å². The molecule has 3 rings (SSSR count). The first-order chi connectivity index (χ1) is 13.1. The third kappa shape index (κ3) is 5.98.